The van der Waals surface area contributed by atoms with Crippen LogP contribution in [0.25, 0.3) is 11.0 Å². The molecule has 0 spiro atoms. The first-order chi connectivity index (χ1) is 8.74. The Bertz CT molecular complexity index is 462. The number of hydrogen-bond acceptors (Lipinski definition) is 4. The molecule has 2 rings (SSSR count). The van der Waals surface area contributed by atoms with E-state index in [2.05, 4.69) is 5.32 Å². The van der Waals surface area contributed by atoms with E-state index in [4.69, 9.17) is 15.3 Å². The van der Waals surface area contributed by atoms with Gasteiger partial charge in [0, 0.05) is 24.6 Å². The molecule has 0 radical (unpaired) electrons. The molecule has 2 atom stereocenters. The van der Waals surface area contributed by atoms with Crippen LogP contribution >= 0.6 is 0 Å². The van der Waals surface area contributed by atoms with Crippen LogP contribution in [0, 0.1) is 0 Å². The van der Waals surface area contributed by atoms with E-state index in [0.717, 1.165) is 16.7 Å². The summed E-state index contributed by atoms with van der Waals surface area (Å²) in [6, 6.07) is 10.1. The Kier molecular flexibility index (Phi) is 4.36. The van der Waals surface area contributed by atoms with Gasteiger partial charge in [-0.1, -0.05) is 18.2 Å². The van der Waals surface area contributed by atoms with Gasteiger partial charge < -0.3 is 20.6 Å². The molecule has 4 nitrogen and oxygen atoms in total. The highest BCUT2D eigenvalue weighted by Crippen LogP contribution is 2.23. The lowest BCUT2D eigenvalue weighted by Gasteiger charge is -2.19. The molecule has 1 aromatic heterocycles. The zero-order chi connectivity index (χ0) is 13.0. The molecule has 0 bridgehead atoms. The number of hydrogen-bond donors (Lipinski definition) is 3. The van der Waals surface area contributed by atoms with Gasteiger partial charge in [-0.3, -0.25) is 0 Å². The number of para-hydroxylation sites is 1. The molecule has 18 heavy (non-hydrogen) atoms. The van der Waals surface area contributed by atoms with Crippen molar-refractivity contribution in [3.63, 3.8) is 0 Å². The fraction of sp³-hybridized carbons (Fsp3) is 0.429. The summed E-state index contributed by atoms with van der Waals surface area (Å²) >= 11 is 0. The lowest BCUT2D eigenvalue weighted by atomic mass is 10.1. The van der Waals surface area contributed by atoms with Crippen LogP contribution in [0.15, 0.2) is 34.7 Å². The number of aliphatic hydroxyl groups is 1. The van der Waals surface area contributed by atoms with Gasteiger partial charge in [0.05, 0.1) is 6.04 Å². The first-order valence-electron chi connectivity index (χ1n) is 6.30. The highest BCUT2D eigenvalue weighted by atomic mass is 16.3. The van der Waals surface area contributed by atoms with Crippen molar-refractivity contribution in [2.45, 2.75) is 25.4 Å². The van der Waals surface area contributed by atoms with E-state index >= 15 is 0 Å². The first kappa shape index (κ1) is 13.1. The van der Waals surface area contributed by atoms with E-state index in [-0.39, 0.29) is 18.7 Å². The second-order valence-corrected chi connectivity index (χ2v) is 4.55. The average molecular weight is 248 g/mol. The quantitative estimate of drug-likeness (QED) is 0.729. The minimum atomic E-state index is -0.0149. The molecule has 0 aliphatic carbocycles. The summed E-state index contributed by atoms with van der Waals surface area (Å²) in [6.45, 7) is 2.67. The van der Waals surface area contributed by atoms with Crippen LogP contribution in [0.5, 0.6) is 0 Å². The van der Waals surface area contributed by atoms with Gasteiger partial charge in [-0.2, -0.15) is 0 Å². The van der Waals surface area contributed by atoms with E-state index in [1.165, 1.54) is 0 Å². The van der Waals surface area contributed by atoms with Gasteiger partial charge >= 0.3 is 0 Å². The molecule has 1 heterocycles. The summed E-state index contributed by atoms with van der Waals surface area (Å²) in [5, 5.41) is 13.4. The lowest BCUT2D eigenvalue weighted by molar-refractivity contribution is 0.260. The van der Waals surface area contributed by atoms with Crippen LogP contribution in [0.1, 0.15) is 25.1 Å². The monoisotopic (exact) mass is 248 g/mol. The Morgan fingerprint density at radius 2 is 2.17 bits per heavy atom. The standard InChI is InChI=1S/C14H20N2O2/c1-10(6-7-17)16-12(9-15)14-8-11-4-2-3-5-13(11)18-14/h2-5,8,10,12,16-17H,6-7,9,15H2,1H3. The van der Waals surface area contributed by atoms with Crippen LogP contribution < -0.4 is 11.1 Å². The van der Waals surface area contributed by atoms with Crippen molar-refractivity contribution in [3.05, 3.63) is 36.1 Å². The number of furan rings is 1. The van der Waals surface area contributed by atoms with E-state index in [1.54, 1.807) is 0 Å². The highest BCUT2D eigenvalue weighted by molar-refractivity contribution is 5.77. The van der Waals surface area contributed by atoms with E-state index in [0.29, 0.717) is 13.0 Å². The maximum atomic E-state index is 8.91. The van der Waals surface area contributed by atoms with Gasteiger partial charge in [-0.15, -0.1) is 0 Å². The Morgan fingerprint density at radius 1 is 1.39 bits per heavy atom. The maximum absolute atomic E-state index is 8.91. The van der Waals surface area contributed by atoms with E-state index in [1.807, 2.05) is 37.3 Å². The van der Waals surface area contributed by atoms with Gasteiger partial charge in [-0.05, 0) is 25.5 Å². The fourth-order valence-electron chi connectivity index (χ4n) is 2.06. The highest BCUT2D eigenvalue weighted by Gasteiger charge is 2.16. The van der Waals surface area contributed by atoms with E-state index in [9.17, 15) is 0 Å². The second kappa shape index (κ2) is 6.00. The smallest absolute Gasteiger partial charge is 0.134 e. The lowest BCUT2D eigenvalue weighted by Crippen LogP contribution is -2.35. The molecule has 0 saturated carbocycles. The summed E-state index contributed by atoms with van der Waals surface area (Å²) in [5.41, 5.74) is 6.66. The van der Waals surface area contributed by atoms with Crippen molar-refractivity contribution in [1.29, 1.82) is 0 Å². The van der Waals surface area contributed by atoms with Crippen molar-refractivity contribution >= 4 is 11.0 Å². The number of aliphatic hydroxyl groups excluding tert-OH is 1. The van der Waals surface area contributed by atoms with Crippen LogP contribution in [0.3, 0.4) is 0 Å². The van der Waals surface area contributed by atoms with Crippen LogP contribution in [-0.4, -0.2) is 24.3 Å². The zero-order valence-corrected chi connectivity index (χ0v) is 10.6. The predicted octanol–water partition coefficient (Wildman–Crippen LogP) is 1.79. The van der Waals surface area contributed by atoms with Gasteiger partial charge in [0.1, 0.15) is 11.3 Å². The predicted molar refractivity (Wildman–Crippen MR) is 72.3 cm³/mol. The largest absolute Gasteiger partial charge is 0.459 e. The molecule has 0 amide bonds. The normalized spacial score (nSPS) is 14.8. The van der Waals surface area contributed by atoms with Crippen molar-refractivity contribution in [2.24, 2.45) is 5.73 Å². The van der Waals surface area contributed by atoms with Crippen LogP contribution in [-0.2, 0) is 0 Å². The van der Waals surface area contributed by atoms with Crippen LogP contribution in [0.4, 0.5) is 0 Å². The summed E-state index contributed by atoms with van der Waals surface area (Å²) < 4.78 is 5.80. The molecule has 0 aliphatic heterocycles. The first-order valence-corrected chi connectivity index (χ1v) is 6.30. The van der Waals surface area contributed by atoms with Crippen molar-refractivity contribution in [1.82, 2.24) is 5.32 Å². The molecule has 4 N–H and O–H groups in total. The van der Waals surface area contributed by atoms with Gasteiger partial charge in [0.25, 0.3) is 0 Å². The fourth-order valence-corrected chi connectivity index (χ4v) is 2.06. The molecule has 2 aromatic rings. The molecule has 0 saturated heterocycles. The van der Waals surface area contributed by atoms with Crippen LogP contribution in [0.2, 0.25) is 0 Å². The molecule has 98 valence electrons. The zero-order valence-electron chi connectivity index (χ0n) is 10.6. The molecular weight excluding hydrogens is 228 g/mol. The van der Waals surface area contributed by atoms with Crippen molar-refractivity contribution in [3.8, 4) is 0 Å². The Hall–Kier alpha value is -1.36. The second-order valence-electron chi connectivity index (χ2n) is 4.55. The third kappa shape index (κ3) is 2.90. The third-order valence-electron chi connectivity index (χ3n) is 3.07. The Balaban J connectivity index is 2.16. The minimum Gasteiger partial charge on any atom is -0.459 e. The topological polar surface area (TPSA) is 71.4 Å². The summed E-state index contributed by atoms with van der Waals surface area (Å²) in [6.07, 6.45) is 0.705. The van der Waals surface area contributed by atoms with Gasteiger partial charge in [0.2, 0.25) is 0 Å². The number of nitrogens with two attached hydrogens (primary N) is 1. The summed E-state index contributed by atoms with van der Waals surface area (Å²) in [7, 11) is 0. The van der Waals surface area contributed by atoms with E-state index < -0.39 is 0 Å². The minimum absolute atomic E-state index is 0.0149. The summed E-state index contributed by atoms with van der Waals surface area (Å²) in [4.78, 5) is 0. The number of fused-ring (bicyclic) bond motifs is 1. The third-order valence-corrected chi connectivity index (χ3v) is 3.07. The van der Waals surface area contributed by atoms with Crippen molar-refractivity contribution in [2.75, 3.05) is 13.2 Å². The van der Waals surface area contributed by atoms with Gasteiger partial charge in [-0.25, -0.2) is 0 Å². The van der Waals surface area contributed by atoms with Crippen molar-refractivity contribution < 1.29 is 9.52 Å². The Labute approximate surface area is 107 Å². The van der Waals surface area contributed by atoms with Gasteiger partial charge in [0.15, 0.2) is 0 Å². The molecular formula is C14H20N2O2. The summed E-state index contributed by atoms with van der Waals surface area (Å²) in [5.74, 6) is 0.850. The SMILES string of the molecule is CC(CCO)NC(CN)c1cc2ccccc2o1. The Morgan fingerprint density at radius 3 is 2.83 bits per heavy atom. The molecule has 0 fully saturated rings. The number of benzene rings is 1. The number of rotatable bonds is 6. The molecule has 4 heteroatoms. The molecule has 2 unspecified atom stereocenters. The average Bonchev–Trinajstić information content (AvgIpc) is 2.79. The maximum Gasteiger partial charge on any atom is 0.134 e. The molecule has 0 aliphatic rings. The number of nitrogens with one attached hydrogen (secondary N) is 1. The molecule has 1 aromatic carbocycles.